The number of benzene rings is 2. The maximum atomic E-state index is 12.9. The fourth-order valence-corrected chi connectivity index (χ4v) is 3.49. The van der Waals surface area contributed by atoms with E-state index in [9.17, 15) is 9.59 Å². The molecule has 3 aromatic rings. The summed E-state index contributed by atoms with van der Waals surface area (Å²) in [6.07, 6.45) is 1.65. The van der Waals surface area contributed by atoms with Crippen LogP contribution in [-0.2, 0) is 13.1 Å². The van der Waals surface area contributed by atoms with Crippen molar-refractivity contribution in [2.24, 2.45) is 0 Å². The highest BCUT2D eigenvalue weighted by molar-refractivity contribution is 5.99. The standard InChI is InChI=1S/C23H21N3O3/c1-24-22(27)21-9-8-17(12-25-21)16-6-7-18-14-26(23(28)20(18)11-16)13-15-4-3-5-19(10-15)29-2/h3-12H,13-14H2,1-2H3,(H,24,27). The van der Waals surface area contributed by atoms with Crippen LogP contribution in [0.3, 0.4) is 0 Å². The van der Waals surface area contributed by atoms with Gasteiger partial charge in [0.05, 0.1) is 7.11 Å². The highest BCUT2D eigenvalue weighted by Crippen LogP contribution is 2.29. The molecule has 0 spiro atoms. The van der Waals surface area contributed by atoms with Crippen LogP contribution < -0.4 is 10.1 Å². The van der Waals surface area contributed by atoms with Gasteiger partial charge in [-0.3, -0.25) is 14.6 Å². The lowest BCUT2D eigenvalue weighted by molar-refractivity contribution is 0.0766. The van der Waals surface area contributed by atoms with Crippen molar-refractivity contribution in [3.05, 3.63) is 83.2 Å². The molecule has 2 aromatic carbocycles. The van der Waals surface area contributed by atoms with Crippen LogP contribution in [0.15, 0.2) is 60.8 Å². The van der Waals surface area contributed by atoms with E-state index >= 15 is 0 Å². The zero-order chi connectivity index (χ0) is 20.4. The van der Waals surface area contributed by atoms with Gasteiger partial charge in [-0.25, -0.2) is 0 Å². The van der Waals surface area contributed by atoms with E-state index in [1.54, 1.807) is 26.4 Å². The molecule has 146 valence electrons. The molecule has 1 N–H and O–H groups in total. The lowest BCUT2D eigenvalue weighted by Gasteiger charge is -2.16. The molecule has 0 saturated carbocycles. The number of methoxy groups -OCH3 is 1. The summed E-state index contributed by atoms with van der Waals surface area (Å²) < 4.78 is 5.27. The second-order valence-corrected chi connectivity index (χ2v) is 6.90. The number of nitrogens with one attached hydrogen (secondary N) is 1. The van der Waals surface area contributed by atoms with Gasteiger partial charge in [-0.15, -0.1) is 0 Å². The van der Waals surface area contributed by atoms with Gasteiger partial charge in [0, 0.05) is 37.5 Å². The zero-order valence-corrected chi connectivity index (χ0v) is 16.3. The van der Waals surface area contributed by atoms with Crippen LogP contribution in [0.2, 0.25) is 0 Å². The number of hydrogen-bond donors (Lipinski definition) is 1. The minimum Gasteiger partial charge on any atom is -0.497 e. The van der Waals surface area contributed by atoms with Gasteiger partial charge < -0.3 is 15.0 Å². The third kappa shape index (κ3) is 3.69. The molecule has 2 amide bonds. The second kappa shape index (κ2) is 7.75. The number of ether oxygens (including phenoxy) is 1. The largest absolute Gasteiger partial charge is 0.497 e. The zero-order valence-electron chi connectivity index (χ0n) is 16.3. The maximum Gasteiger partial charge on any atom is 0.269 e. The second-order valence-electron chi connectivity index (χ2n) is 6.90. The van der Waals surface area contributed by atoms with E-state index in [0.717, 1.165) is 28.0 Å². The van der Waals surface area contributed by atoms with E-state index in [1.165, 1.54) is 0 Å². The molecule has 29 heavy (non-hydrogen) atoms. The molecule has 1 aliphatic rings. The summed E-state index contributed by atoms with van der Waals surface area (Å²) in [5.41, 5.74) is 4.87. The molecule has 1 aliphatic heterocycles. The molecule has 1 aromatic heterocycles. The fourth-order valence-electron chi connectivity index (χ4n) is 3.49. The first kappa shape index (κ1) is 18.7. The van der Waals surface area contributed by atoms with Crippen molar-refractivity contribution in [2.75, 3.05) is 14.2 Å². The Morgan fingerprint density at radius 3 is 2.69 bits per heavy atom. The van der Waals surface area contributed by atoms with Crippen LogP contribution in [0.4, 0.5) is 0 Å². The molecule has 0 unspecified atom stereocenters. The number of carbonyl (C=O) groups is 2. The quantitative estimate of drug-likeness (QED) is 0.729. The molecule has 6 heteroatoms. The minimum atomic E-state index is -0.228. The molecule has 0 bridgehead atoms. The molecule has 0 aliphatic carbocycles. The Morgan fingerprint density at radius 1 is 1.14 bits per heavy atom. The monoisotopic (exact) mass is 387 g/mol. The van der Waals surface area contributed by atoms with Crippen LogP contribution in [0, 0.1) is 0 Å². The summed E-state index contributed by atoms with van der Waals surface area (Å²) in [5, 5.41) is 2.55. The van der Waals surface area contributed by atoms with E-state index in [0.29, 0.717) is 24.3 Å². The van der Waals surface area contributed by atoms with Gasteiger partial charge in [-0.1, -0.05) is 30.3 Å². The normalized spacial score (nSPS) is 12.6. The number of carbonyl (C=O) groups excluding carboxylic acids is 2. The van der Waals surface area contributed by atoms with E-state index in [4.69, 9.17) is 4.74 Å². The average molecular weight is 387 g/mol. The Bertz CT molecular complexity index is 1080. The van der Waals surface area contributed by atoms with Crippen LogP contribution >= 0.6 is 0 Å². The number of amides is 2. The lowest BCUT2D eigenvalue weighted by atomic mass is 10.0. The van der Waals surface area contributed by atoms with Gasteiger partial charge in [-0.2, -0.15) is 0 Å². The summed E-state index contributed by atoms with van der Waals surface area (Å²) in [4.78, 5) is 30.6. The summed E-state index contributed by atoms with van der Waals surface area (Å²) in [7, 11) is 3.20. The fraction of sp³-hybridized carbons (Fsp3) is 0.174. The van der Waals surface area contributed by atoms with Crippen molar-refractivity contribution >= 4 is 11.8 Å². The molecule has 0 radical (unpaired) electrons. The van der Waals surface area contributed by atoms with Crippen molar-refractivity contribution in [3.8, 4) is 16.9 Å². The summed E-state index contributed by atoms with van der Waals surface area (Å²) in [6.45, 7) is 1.11. The molecule has 0 atom stereocenters. The summed E-state index contributed by atoms with van der Waals surface area (Å²) >= 11 is 0. The third-order valence-corrected chi connectivity index (χ3v) is 5.05. The number of rotatable bonds is 5. The predicted octanol–water partition coefficient (Wildman–Crippen LogP) is 3.27. The van der Waals surface area contributed by atoms with E-state index in [-0.39, 0.29) is 11.8 Å². The first-order valence-electron chi connectivity index (χ1n) is 9.32. The van der Waals surface area contributed by atoms with Gasteiger partial charge in [0.1, 0.15) is 11.4 Å². The molecular formula is C23H21N3O3. The minimum absolute atomic E-state index is 0.0135. The molecule has 0 saturated heterocycles. The van der Waals surface area contributed by atoms with Crippen molar-refractivity contribution < 1.29 is 14.3 Å². The number of fused-ring (bicyclic) bond motifs is 1. The van der Waals surface area contributed by atoms with E-state index in [1.807, 2.05) is 53.4 Å². The first-order chi connectivity index (χ1) is 14.1. The van der Waals surface area contributed by atoms with Gasteiger partial charge in [0.2, 0.25) is 0 Å². The summed E-state index contributed by atoms with van der Waals surface area (Å²) in [5.74, 6) is 0.565. The van der Waals surface area contributed by atoms with Gasteiger partial charge in [0.25, 0.3) is 11.8 Å². The Morgan fingerprint density at radius 2 is 1.97 bits per heavy atom. The lowest BCUT2D eigenvalue weighted by Crippen LogP contribution is -2.23. The van der Waals surface area contributed by atoms with E-state index < -0.39 is 0 Å². The molecule has 2 heterocycles. The molecule has 0 fully saturated rings. The van der Waals surface area contributed by atoms with Crippen molar-refractivity contribution in [2.45, 2.75) is 13.1 Å². The Balaban J connectivity index is 1.55. The highest BCUT2D eigenvalue weighted by Gasteiger charge is 2.27. The highest BCUT2D eigenvalue weighted by atomic mass is 16.5. The summed E-state index contributed by atoms with van der Waals surface area (Å²) in [6, 6.07) is 17.1. The predicted molar refractivity (Wildman–Crippen MR) is 110 cm³/mol. The smallest absolute Gasteiger partial charge is 0.269 e. The van der Waals surface area contributed by atoms with Crippen molar-refractivity contribution in [1.82, 2.24) is 15.2 Å². The number of pyridine rings is 1. The third-order valence-electron chi connectivity index (χ3n) is 5.05. The number of aromatic nitrogens is 1. The molecular weight excluding hydrogens is 366 g/mol. The van der Waals surface area contributed by atoms with Crippen LogP contribution in [-0.4, -0.2) is 35.9 Å². The number of nitrogens with zero attached hydrogens (tertiary/aromatic N) is 2. The van der Waals surface area contributed by atoms with E-state index in [2.05, 4.69) is 10.3 Å². The Kier molecular flexibility index (Phi) is 4.99. The van der Waals surface area contributed by atoms with Gasteiger partial charge >= 0.3 is 0 Å². The molecule has 4 rings (SSSR count). The first-order valence-corrected chi connectivity index (χ1v) is 9.32. The topological polar surface area (TPSA) is 71.5 Å². The molecule has 6 nitrogen and oxygen atoms in total. The SMILES string of the molecule is CNC(=O)c1ccc(-c2ccc3c(c2)C(=O)N(Cc2cccc(OC)c2)C3)cn1. The Hall–Kier alpha value is -3.67. The van der Waals surface area contributed by atoms with Gasteiger partial charge in [0.15, 0.2) is 0 Å². The van der Waals surface area contributed by atoms with Crippen molar-refractivity contribution in [1.29, 1.82) is 0 Å². The number of hydrogen-bond acceptors (Lipinski definition) is 4. The maximum absolute atomic E-state index is 12.9. The Labute approximate surface area is 169 Å². The van der Waals surface area contributed by atoms with Crippen LogP contribution in [0.25, 0.3) is 11.1 Å². The van der Waals surface area contributed by atoms with Crippen molar-refractivity contribution in [3.63, 3.8) is 0 Å². The van der Waals surface area contributed by atoms with Crippen LogP contribution in [0.5, 0.6) is 5.75 Å². The van der Waals surface area contributed by atoms with Gasteiger partial charge in [-0.05, 0) is 41.0 Å². The average Bonchev–Trinajstić information content (AvgIpc) is 3.08. The van der Waals surface area contributed by atoms with Crippen LogP contribution in [0.1, 0.15) is 32.0 Å².